The minimum Gasteiger partial charge on any atom is -0.408 e. The highest BCUT2D eigenvalue weighted by Gasteiger charge is 2.51. The lowest BCUT2D eigenvalue weighted by Gasteiger charge is -2.27. The van der Waals surface area contributed by atoms with Gasteiger partial charge < -0.3 is 9.05 Å². The topological polar surface area (TPSA) is 52.6 Å². The lowest BCUT2D eigenvalue weighted by atomic mass is 9.86. The van der Waals surface area contributed by atoms with E-state index in [1.807, 2.05) is 0 Å². The van der Waals surface area contributed by atoms with Crippen LogP contribution in [-0.4, -0.2) is 11.9 Å². The molecule has 1 aliphatic heterocycles. The summed E-state index contributed by atoms with van der Waals surface area (Å²) in [7, 11) is -0.464. The molecule has 4 nitrogen and oxygen atoms in total. The SMILES string of the molecule is O=C1OPOC(=O)C12CC=CC2. The van der Waals surface area contributed by atoms with E-state index in [1.165, 1.54) is 0 Å². The molecule has 1 spiro atoms. The molecule has 0 aromatic carbocycles. The molecule has 2 aliphatic rings. The van der Waals surface area contributed by atoms with Gasteiger partial charge in [-0.25, -0.2) is 0 Å². The first-order valence-corrected chi connectivity index (χ1v) is 4.40. The Morgan fingerprint density at radius 2 is 1.67 bits per heavy atom. The van der Waals surface area contributed by atoms with Crippen molar-refractivity contribution in [3.05, 3.63) is 12.2 Å². The molecule has 1 fully saturated rings. The van der Waals surface area contributed by atoms with Gasteiger partial charge in [0, 0.05) is 0 Å². The number of carbonyl (C=O) groups excluding carboxylic acids is 2. The van der Waals surface area contributed by atoms with Gasteiger partial charge in [0.25, 0.3) is 9.03 Å². The van der Waals surface area contributed by atoms with E-state index >= 15 is 0 Å². The Morgan fingerprint density at radius 3 is 2.17 bits per heavy atom. The maximum atomic E-state index is 11.3. The summed E-state index contributed by atoms with van der Waals surface area (Å²) in [4.78, 5) is 22.5. The Morgan fingerprint density at radius 1 is 1.17 bits per heavy atom. The standard InChI is InChI=1S/C7H7O4P/c8-5-7(3-1-2-4-7)6(9)11-12-10-5/h1-2,12H,3-4H2. The predicted molar refractivity (Wildman–Crippen MR) is 41.3 cm³/mol. The van der Waals surface area contributed by atoms with Crippen molar-refractivity contribution in [2.24, 2.45) is 5.41 Å². The molecule has 0 bridgehead atoms. The maximum Gasteiger partial charge on any atom is 0.329 e. The van der Waals surface area contributed by atoms with Crippen LogP contribution in [0.25, 0.3) is 0 Å². The van der Waals surface area contributed by atoms with E-state index in [4.69, 9.17) is 9.05 Å². The monoisotopic (exact) mass is 186 g/mol. The first-order chi connectivity index (χ1) is 5.76. The van der Waals surface area contributed by atoms with Crippen LogP contribution in [0.1, 0.15) is 12.8 Å². The second kappa shape index (κ2) is 2.56. The van der Waals surface area contributed by atoms with Crippen LogP contribution in [-0.2, 0) is 18.6 Å². The molecule has 1 aliphatic carbocycles. The van der Waals surface area contributed by atoms with E-state index in [9.17, 15) is 9.59 Å². The molecule has 0 aromatic heterocycles. The molecule has 1 saturated heterocycles. The summed E-state index contributed by atoms with van der Waals surface area (Å²) in [6.07, 6.45) is 4.43. The third-order valence-electron chi connectivity index (χ3n) is 2.15. The van der Waals surface area contributed by atoms with Crippen molar-refractivity contribution in [3.8, 4) is 0 Å². The number of rotatable bonds is 0. The molecular weight excluding hydrogens is 179 g/mol. The Hall–Kier alpha value is -0.890. The lowest BCUT2D eigenvalue weighted by Crippen LogP contribution is -2.40. The molecule has 0 radical (unpaired) electrons. The highest BCUT2D eigenvalue weighted by atomic mass is 31.1. The zero-order valence-electron chi connectivity index (χ0n) is 6.20. The van der Waals surface area contributed by atoms with Gasteiger partial charge in [0.2, 0.25) is 0 Å². The second-order valence-electron chi connectivity index (χ2n) is 2.82. The van der Waals surface area contributed by atoms with Crippen molar-refractivity contribution in [1.82, 2.24) is 0 Å². The molecule has 64 valence electrons. The Kier molecular flexibility index (Phi) is 1.65. The summed E-state index contributed by atoms with van der Waals surface area (Å²) in [6.45, 7) is 0. The molecule has 0 atom stereocenters. The third-order valence-corrected chi connectivity index (χ3v) is 2.69. The second-order valence-corrected chi connectivity index (χ2v) is 3.40. The fourth-order valence-corrected chi connectivity index (χ4v) is 1.94. The largest absolute Gasteiger partial charge is 0.408 e. The Bertz CT molecular complexity index is 245. The van der Waals surface area contributed by atoms with Crippen LogP contribution in [0, 0.1) is 5.41 Å². The first kappa shape index (κ1) is 7.74. The molecular formula is C7H7O4P. The number of allylic oxidation sites excluding steroid dienone is 2. The van der Waals surface area contributed by atoms with Crippen molar-refractivity contribution in [1.29, 1.82) is 0 Å². The summed E-state index contributed by atoms with van der Waals surface area (Å²) < 4.78 is 9.38. The van der Waals surface area contributed by atoms with Gasteiger partial charge in [0.05, 0.1) is 0 Å². The molecule has 0 unspecified atom stereocenters. The minimum absolute atomic E-state index is 0.412. The Labute approximate surface area is 70.9 Å². The number of hydrogen-bond acceptors (Lipinski definition) is 4. The van der Waals surface area contributed by atoms with Gasteiger partial charge in [-0.3, -0.25) is 9.59 Å². The van der Waals surface area contributed by atoms with Crippen LogP contribution in [0.2, 0.25) is 0 Å². The zero-order chi connectivity index (χ0) is 8.60. The van der Waals surface area contributed by atoms with Crippen LogP contribution in [0.5, 0.6) is 0 Å². The van der Waals surface area contributed by atoms with Gasteiger partial charge >= 0.3 is 11.9 Å². The van der Waals surface area contributed by atoms with Crippen molar-refractivity contribution >= 4 is 21.0 Å². The fourth-order valence-electron chi connectivity index (χ4n) is 1.36. The Balaban J connectivity index is 2.30. The number of hydrogen-bond donors (Lipinski definition) is 0. The fraction of sp³-hybridized carbons (Fsp3) is 0.429. The molecule has 0 N–H and O–H groups in total. The maximum absolute atomic E-state index is 11.3. The zero-order valence-corrected chi connectivity index (χ0v) is 7.20. The minimum atomic E-state index is -1.04. The molecule has 5 heteroatoms. The van der Waals surface area contributed by atoms with Gasteiger partial charge in [0.15, 0.2) is 5.41 Å². The van der Waals surface area contributed by atoms with Crippen LogP contribution in [0.4, 0.5) is 0 Å². The third kappa shape index (κ3) is 0.879. The van der Waals surface area contributed by atoms with E-state index in [1.54, 1.807) is 12.2 Å². The average molecular weight is 186 g/mol. The quantitative estimate of drug-likeness (QED) is 0.321. The van der Waals surface area contributed by atoms with E-state index in [-0.39, 0.29) is 0 Å². The van der Waals surface area contributed by atoms with Gasteiger partial charge in [-0.05, 0) is 12.8 Å². The molecule has 1 heterocycles. The first-order valence-electron chi connectivity index (χ1n) is 3.58. The predicted octanol–water partition coefficient (Wildman–Crippen LogP) is 0.931. The summed E-state index contributed by atoms with van der Waals surface area (Å²) in [5.41, 5.74) is -1.04. The highest BCUT2D eigenvalue weighted by molar-refractivity contribution is 7.28. The average Bonchev–Trinajstić information content (AvgIpc) is 2.50. The lowest BCUT2D eigenvalue weighted by molar-refractivity contribution is -0.164. The van der Waals surface area contributed by atoms with Crippen LogP contribution in [0.15, 0.2) is 12.2 Å². The summed E-state index contributed by atoms with van der Waals surface area (Å²) in [6, 6.07) is 0. The molecule has 0 amide bonds. The van der Waals surface area contributed by atoms with Crippen molar-refractivity contribution in [2.45, 2.75) is 12.8 Å². The van der Waals surface area contributed by atoms with Crippen LogP contribution in [0.3, 0.4) is 0 Å². The summed E-state index contributed by atoms with van der Waals surface area (Å²) in [5.74, 6) is -0.885. The van der Waals surface area contributed by atoms with Gasteiger partial charge in [-0.1, -0.05) is 12.2 Å². The molecule has 0 aromatic rings. The molecule has 0 saturated carbocycles. The van der Waals surface area contributed by atoms with E-state index in [2.05, 4.69) is 0 Å². The van der Waals surface area contributed by atoms with E-state index < -0.39 is 26.4 Å². The summed E-state index contributed by atoms with van der Waals surface area (Å²) in [5, 5.41) is 0. The van der Waals surface area contributed by atoms with Crippen molar-refractivity contribution < 1.29 is 18.6 Å². The van der Waals surface area contributed by atoms with E-state index in [0.717, 1.165) is 0 Å². The molecule has 2 rings (SSSR count). The van der Waals surface area contributed by atoms with Crippen molar-refractivity contribution in [2.75, 3.05) is 0 Å². The van der Waals surface area contributed by atoms with Crippen LogP contribution >= 0.6 is 9.03 Å². The molecule has 12 heavy (non-hydrogen) atoms. The number of carbonyl (C=O) groups is 2. The smallest absolute Gasteiger partial charge is 0.329 e. The van der Waals surface area contributed by atoms with E-state index in [0.29, 0.717) is 12.8 Å². The van der Waals surface area contributed by atoms with Gasteiger partial charge in [-0.15, -0.1) is 0 Å². The normalized spacial score (nSPS) is 25.7. The van der Waals surface area contributed by atoms with Crippen molar-refractivity contribution in [3.63, 3.8) is 0 Å². The van der Waals surface area contributed by atoms with Gasteiger partial charge in [-0.2, -0.15) is 0 Å². The van der Waals surface area contributed by atoms with Gasteiger partial charge in [0.1, 0.15) is 0 Å². The highest BCUT2D eigenvalue weighted by Crippen LogP contribution is 2.43. The summed E-state index contributed by atoms with van der Waals surface area (Å²) >= 11 is 0. The van der Waals surface area contributed by atoms with Crippen LogP contribution < -0.4 is 0 Å².